The van der Waals surface area contributed by atoms with Crippen LogP contribution in [0.3, 0.4) is 0 Å². The molecule has 2 nitrogen and oxygen atoms in total. The highest BCUT2D eigenvalue weighted by Gasteiger charge is 2.34. The van der Waals surface area contributed by atoms with Gasteiger partial charge in [-0.05, 0) is 18.2 Å². The molecule has 0 saturated heterocycles. The number of thiophene rings is 1. The Bertz CT molecular complexity index is 991. The fourth-order valence-corrected chi connectivity index (χ4v) is 4.59. The standard InChI is InChI=1S/C17H13N2S/c1-18-16-12-7-3-2-6-11(12)10-19(16)15-13-8-4-5-9-14(13)20-17(15)18/h2-9H,10H2,1H3/q+1. The molecule has 0 bridgehead atoms. The van der Waals surface area contributed by atoms with Gasteiger partial charge in [0, 0.05) is 15.6 Å². The van der Waals surface area contributed by atoms with Gasteiger partial charge in [0.15, 0.2) is 5.52 Å². The van der Waals surface area contributed by atoms with E-state index in [4.69, 9.17) is 0 Å². The minimum atomic E-state index is 0.990. The van der Waals surface area contributed by atoms with Crippen LogP contribution in [0.4, 0.5) is 0 Å². The molecule has 5 rings (SSSR count). The molecular formula is C17H13N2S+. The summed E-state index contributed by atoms with van der Waals surface area (Å²) >= 11 is 1.89. The maximum Gasteiger partial charge on any atom is 0.291 e. The molecule has 2 aromatic heterocycles. The van der Waals surface area contributed by atoms with Gasteiger partial charge in [-0.15, -0.1) is 0 Å². The zero-order chi connectivity index (χ0) is 13.3. The van der Waals surface area contributed by atoms with E-state index in [1.807, 2.05) is 11.3 Å². The lowest BCUT2D eigenvalue weighted by Gasteiger charge is -1.93. The molecule has 3 heteroatoms. The molecule has 4 aromatic rings. The van der Waals surface area contributed by atoms with E-state index in [-0.39, 0.29) is 0 Å². The number of hydrogen-bond acceptors (Lipinski definition) is 1. The first-order valence-corrected chi connectivity index (χ1v) is 7.64. The molecule has 1 aliphatic rings. The Balaban J connectivity index is 1.99. The molecule has 3 heterocycles. The molecule has 96 valence electrons. The molecule has 1 aliphatic heterocycles. The first kappa shape index (κ1) is 10.6. The molecule has 0 aliphatic carbocycles. The van der Waals surface area contributed by atoms with Crippen LogP contribution in [-0.2, 0) is 13.6 Å². The summed E-state index contributed by atoms with van der Waals surface area (Å²) in [7, 11) is 2.19. The monoisotopic (exact) mass is 277 g/mol. The van der Waals surface area contributed by atoms with Gasteiger partial charge in [-0.3, -0.25) is 0 Å². The summed E-state index contributed by atoms with van der Waals surface area (Å²) in [6.45, 7) is 0.990. The van der Waals surface area contributed by atoms with E-state index in [0.717, 1.165) is 6.54 Å². The Morgan fingerprint density at radius 2 is 1.85 bits per heavy atom. The van der Waals surface area contributed by atoms with Crippen molar-refractivity contribution < 1.29 is 4.57 Å². The fraction of sp³-hybridized carbons (Fsp3) is 0.118. The van der Waals surface area contributed by atoms with Crippen molar-refractivity contribution in [2.24, 2.45) is 7.05 Å². The summed E-state index contributed by atoms with van der Waals surface area (Å²) in [6.07, 6.45) is 0. The Kier molecular flexibility index (Phi) is 1.86. The Labute approximate surface area is 120 Å². The first-order chi connectivity index (χ1) is 9.84. The Morgan fingerprint density at radius 1 is 1.05 bits per heavy atom. The number of nitrogens with zero attached hydrogens (tertiary/aromatic N) is 2. The van der Waals surface area contributed by atoms with Gasteiger partial charge in [-0.1, -0.05) is 41.7 Å². The van der Waals surface area contributed by atoms with Gasteiger partial charge in [0.25, 0.3) is 5.82 Å². The van der Waals surface area contributed by atoms with Crippen molar-refractivity contribution in [1.29, 1.82) is 0 Å². The molecule has 0 spiro atoms. The predicted octanol–water partition coefficient (Wildman–Crippen LogP) is 3.71. The van der Waals surface area contributed by atoms with Crippen LogP contribution in [0, 0.1) is 0 Å². The number of aromatic nitrogens is 2. The van der Waals surface area contributed by atoms with Crippen LogP contribution in [0.1, 0.15) is 5.56 Å². The van der Waals surface area contributed by atoms with E-state index in [0.29, 0.717) is 0 Å². The molecule has 0 atom stereocenters. The molecule has 0 unspecified atom stereocenters. The van der Waals surface area contributed by atoms with Crippen molar-refractivity contribution in [3.05, 3.63) is 54.1 Å². The molecule has 20 heavy (non-hydrogen) atoms. The molecule has 0 radical (unpaired) electrons. The van der Waals surface area contributed by atoms with Crippen molar-refractivity contribution >= 4 is 31.8 Å². The van der Waals surface area contributed by atoms with E-state index >= 15 is 0 Å². The highest BCUT2D eigenvalue weighted by atomic mass is 32.1. The largest absolute Gasteiger partial charge is 0.291 e. The third-order valence-corrected chi connectivity index (χ3v) is 5.52. The molecule has 0 amide bonds. The minimum absolute atomic E-state index is 0.990. The predicted molar refractivity (Wildman–Crippen MR) is 83.0 cm³/mol. The summed E-state index contributed by atoms with van der Waals surface area (Å²) in [6, 6.07) is 17.5. The highest BCUT2D eigenvalue weighted by molar-refractivity contribution is 7.25. The summed E-state index contributed by atoms with van der Waals surface area (Å²) in [5.41, 5.74) is 4.19. The van der Waals surface area contributed by atoms with Crippen LogP contribution in [-0.4, -0.2) is 4.57 Å². The maximum absolute atomic E-state index is 2.47. The van der Waals surface area contributed by atoms with Gasteiger partial charge in [0.05, 0.1) is 12.6 Å². The normalized spacial score (nSPS) is 13.1. The zero-order valence-electron chi connectivity index (χ0n) is 11.1. The van der Waals surface area contributed by atoms with Gasteiger partial charge >= 0.3 is 0 Å². The van der Waals surface area contributed by atoms with E-state index in [1.54, 1.807) is 0 Å². The van der Waals surface area contributed by atoms with Crippen molar-refractivity contribution in [3.8, 4) is 11.4 Å². The average molecular weight is 277 g/mol. The lowest BCUT2D eigenvalue weighted by molar-refractivity contribution is -0.631. The maximum atomic E-state index is 2.47. The van der Waals surface area contributed by atoms with Gasteiger partial charge in [0.1, 0.15) is 6.54 Å². The number of fused-ring (bicyclic) bond motifs is 7. The lowest BCUT2D eigenvalue weighted by atomic mass is 10.1. The van der Waals surface area contributed by atoms with Crippen LogP contribution in [0.2, 0.25) is 0 Å². The Morgan fingerprint density at radius 3 is 2.80 bits per heavy atom. The van der Waals surface area contributed by atoms with Crippen LogP contribution in [0.25, 0.3) is 31.8 Å². The van der Waals surface area contributed by atoms with E-state index in [2.05, 4.69) is 64.7 Å². The molecular weight excluding hydrogens is 264 g/mol. The van der Waals surface area contributed by atoms with Crippen LogP contribution >= 0.6 is 11.3 Å². The zero-order valence-corrected chi connectivity index (χ0v) is 11.9. The quantitative estimate of drug-likeness (QED) is 0.382. The second-order valence-corrected chi connectivity index (χ2v) is 6.41. The minimum Gasteiger partial charge on any atom is -0.217 e. The van der Waals surface area contributed by atoms with Gasteiger partial charge < -0.3 is 0 Å². The van der Waals surface area contributed by atoms with Crippen molar-refractivity contribution in [2.45, 2.75) is 6.54 Å². The number of imidazole rings is 1. The first-order valence-electron chi connectivity index (χ1n) is 6.82. The molecule has 0 fully saturated rings. The molecule has 2 aromatic carbocycles. The van der Waals surface area contributed by atoms with Gasteiger partial charge in [0.2, 0.25) is 4.83 Å². The Hall–Kier alpha value is -2.13. The van der Waals surface area contributed by atoms with E-state index < -0.39 is 0 Å². The SMILES string of the molecule is C[n+]1c2n(c3c4ccccc4sc31)Cc1ccccc1-2. The number of aryl methyl sites for hydroxylation is 1. The van der Waals surface area contributed by atoms with Crippen molar-refractivity contribution in [1.82, 2.24) is 4.57 Å². The van der Waals surface area contributed by atoms with Crippen molar-refractivity contribution in [3.63, 3.8) is 0 Å². The topological polar surface area (TPSA) is 8.81 Å². The molecule has 0 saturated carbocycles. The van der Waals surface area contributed by atoms with E-state index in [9.17, 15) is 0 Å². The average Bonchev–Trinajstić information content (AvgIpc) is 3.10. The highest BCUT2D eigenvalue weighted by Crippen LogP contribution is 2.39. The third kappa shape index (κ3) is 1.12. The fourth-order valence-electron chi connectivity index (χ4n) is 3.42. The summed E-state index contributed by atoms with van der Waals surface area (Å²) in [5.74, 6) is 1.34. The third-order valence-electron chi connectivity index (χ3n) is 4.29. The van der Waals surface area contributed by atoms with Crippen LogP contribution < -0.4 is 4.57 Å². The van der Waals surface area contributed by atoms with Crippen LogP contribution in [0.5, 0.6) is 0 Å². The smallest absolute Gasteiger partial charge is 0.217 e. The van der Waals surface area contributed by atoms with E-state index in [1.165, 1.54) is 37.4 Å². The van der Waals surface area contributed by atoms with Crippen molar-refractivity contribution in [2.75, 3.05) is 0 Å². The van der Waals surface area contributed by atoms with Gasteiger partial charge in [-0.2, -0.15) is 0 Å². The number of benzene rings is 2. The number of hydrogen-bond donors (Lipinski definition) is 0. The second-order valence-electron chi connectivity index (χ2n) is 5.38. The van der Waals surface area contributed by atoms with Gasteiger partial charge in [-0.25, -0.2) is 9.13 Å². The lowest BCUT2D eigenvalue weighted by Crippen LogP contribution is -2.28. The summed E-state index contributed by atoms with van der Waals surface area (Å²) in [5, 5.41) is 1.38. The second kappa shape index (κ2) is 3.49. The molecule has 0 N–H and O–H groups in total. The number of rotatable bonds is 0. The summed E-state index contributed by atoms with van der Waals surface area (Å²) < 4.78 is 6.20. The van der Waals surface area contributed by atoms with Crippen LogP contribution in [0.15, 0.2) is 48.5 Å². The summed E-state index contributed by atoms with van der Waals surface area (Å²) in [4.78, 5) is 1.37.